The summed E-state index contributed by atoms with van der Waals surface area (Å²) in [5, 5.41) is 22.8. The number of hydrogen-bond donors (Lipinski definition) is 4. The first-order valence-electron chi connectivity index (χ1n) is 10.2. The highest BCUT2D eigenvalue weighted by Crippen LogP contribution is 2.24. The molecule has 0 aliphatic heterocycles. The Morgan fingerprint density at radius 2 is 1.74 bits per heavy atom. The first-order valence-corrected chi connectivity index (χ1v) is 11.0. The molecule has 0 aliphatic carbocycles. The zero-order valence-electron chi connectivity index (χ0n) is 18.3. The number of ketones is 1. The Bertz CT molecular complexity index is 1190. The Balaban J connectivity index is 1.90. The third-order valence-corrected chi connectivity index (χ3v) is 5.35. The Morgan fingerprint density at radius 3 is 2.37 bits per heavy atom. The quantitative estimate of drug-likeness (QED) is 0.201. The van der Waals surface area contributed by atoms with Gasteiger partial charge in [0.1, 0.15) is 11.9 Å². The van der Waals surface area contributed by atoms with Gasteiger partial charge < -0.3 is 21.5 Å². The maximum atomic E-state index is 12.4. The second-order valence-corrected chi connectivity index (χ2v) is 8.12. The number of aliphatic carboxylic acids is 1. The summed E-state index contributed by atoms with van der Waals surface area (Å²) in [5.74, 6) is -2.98. The van der Waals surface area contributed by atoms with E-state index in [1.165, 1.54) is 24.3 Å². The smallest absolute Gasteiger partial charge is 0.326 e. The van der Waals surface area contributed by atoms with Crippen LogP contribution >= 0.6 is 23.2 Å². The van der Waals surface area contributed by atoms with Gasteiger partial charge >= 0.3 is 5.97 Å². The highest BCUT2D eigenvalue weighted by atomic mass is 35.5. The van der Waals surface area contributed by atoms with E-state index < -0.39 is 29.6 Å². The monoisotopic (exact) mass is 517 g/mol. The van der Waals surface area contributed by atoms with Crippen molar-refractivity contribution in [3.8, 4) is 6.19 Å². The molecule has 2 rings (SSSR count). The van der Waals surface area contributed by atoms with Crippen molar-refractivity contribution in [1.29, 1.82) is 5.26 Å². The fraction of sp³-hybridized carbons (Fsp3) is 0.217. The Labute approximate surface area is 210 Å². The predicted octanol–water partition coefficient (Wildman–Crippen LogP) is 2.34. The summed E-state index contributed by atoms with van der Waals surface area (Å²) in [7, 11) is 0. The molecule has 182 valence electrons. The van der Waals surface area contributed by atoms with E-state index in [2.05, 4.69) is 15.6 Å². The third kappa shape index (κ3) is 8.41. The average Bonchev–Trinajstić information content (AvgIpc) is 2.80. The van der Waals surface area contributed by atoms with Gasteiger partial charge in [-0.2, -0.15) is 10.3 Å². The summed E-state index contributed by atoms with van der Waals surface area (Å²) in [5.41, 5.74) is 6.46. The summed E-state index contributed by atoms with van der Waals surface area (Å²) >= 11 is 11.9. The lowest BCUT2D eigenvalue weighted by Gasteiger charge is -2.15. The number of amides is 2. The highest BCUT2D eigenvalue weighted by Gasteiger charge is 2.24. The number of carboxylic acids is 1. The van der Waals surface area contributed by atoms with Crippen LogP contribution in [0.2, 0.25) is 10.0 Å². The number of Topliss-reactive ketones (excluding diaryl/α,β-unsaturated/α-hetero) is 1. The Morgan fingerprint density at radius 1 is 1.09 bits per heavy atom. The number of carboxylic acid groups (broad SMARTS) is 1. The van der Waals surface area contributed by atoms with Gasteiger partial charge in [0.2, 0.25) is 6.19 Å². The molecule has 0 fully saturated rings. The molecule has 0 saturated carbocycles. The molecule has 35 heavy (non-hydrogen) atoms. The molecular weight excluding hydrogens is 497 g/mol. The van der Waals surface area contributed by atoms with Crippen LogP contribution in [0, 0.1) is 11.5 Å². The summed E-state index contributed by atoms with van der Waals surface area (Å²) in [6.07, 6.45) is 1.34. The minimum atomic E-state index is -1.37. The number of carbonyl (C=O) groups excluding carboxylic acids is 3. The molecule has 2 amide bonds. The molecular formula is C23H21Cl2N5O5. The van der Waals surface area contributed by atoms with Gasteiger partial charge in [-0.25, -0.2) is 4.79 Å². The number of rotatable bonds is 11. The molecule has 0 radical (unpaired) electrons. The SMILES string of the molecule is N#CN=C(N)Cc1cccc(C(=O)NCC(=O)CC[C@@H](NC(=O)c2c(Cl)cccc2Cl)C(=O)O)c1. The number of nitrogens with zero attached hydrogens (tertiary/aromatic N) is 2. The van der Waals surface area contributed by atoms with E-state index in [-0.39, 0.29) is 52.8 Å². The van der Waals surface area contributed by atoms with Gasteiger partial charge in [0.25, 0.3) is 11.8 Å². The van der Waals surface area contributed by atoms with E-state index in [1.807, 2.05) is 0 Å². The number of amidine groups is 1. The van der Waals surface area contributed by atoms with Crippen LogP contribution in [0.5, 0.6) is 0 Å². The third-order valence-electron chi connectivity index (χ3n) is 4.72. The average molecular weight is 518 g/mol. The number of carbonyl (C=O) groups is 4. The van der Waals surface area contributed by atoms with Gasteiger partial charge in [0.05, 0.1) is 22.2 Å². The van der Waals surface area contributed by atoms with Crippen LogP contribution in [0.1, 0.15) is 39.1 Å². The normalized spacial score (nSPS) is 11.7. The van der Waals surface area contributed by atoms with Gasteiger partial charge in [-0.1, -0.05) is 41.4 Å². The van der Waals surface area contributed by atoms with Crippen LogP contribution in [0.25, 0.3) is 0 Å². The molecule has 0 unspecified atom stereocenters. The van der Waals surface area contributed by atoms with E-state index in [0.29, 0.717) is 5.56 Å². The summed E-state index contributed by atoms with van der Waals surface area (Å²) < 4.78 is 0. The lowest BCUT2D eigenvalue weighted by atomic mass is 10.1. The molecule has 0 bridgehead atoms. The van der Waals surface area contributed by atoms with Gasteiger partial charge in [-0.05, 0) is 36.2 Å². The summed E-state index contributed by atoms with van der Waals surface area (Å²) in [6.45, 7) is -0.336. The van der Waals surface area contributed by atoms with Crippen LogP contribution in [0.15, 0.2) is 47.5 Å². The van der Waals surface area contributed by atoms with Crippen molar-refractivity contribution in [1.82, 2.24) is 10.6 Å². The number of nitrogens with one attached hydrogen (secondary N) is 2. The van der Waals surface area contributed by atoms with Crippen LogP contribution in [0.4, 0.5) is 0 Å². The van der Waals surface area contributed by atoms with Crippen LogP contribution < -0.4 is 16.4 Å². The molecule has 0 spiro atoms. The first-order chi connectivity index (χ1) is 16.6. The maximum Gasteiger partial charge on any atom is 0.326 e. The molecule has 0 heterocycles. The number of nitrogens with two attached hydrogens (primary N) is 1. The second kappa shape index (κ2) is 13.1. The predicted molar refractivity (Wildman–Crippen MR) is 129 cm³/mol. The lowest BCUT2D eigenvalue weighted by Crippen LogP contribution is -2.41. The van der Waals surface area contributed by atoms with Crippen LogP contribution in [-0.4, -0.2) is 47.1 Å². The fourth-order valence-corrected chi connectivity index (χ4v) is 3.58. The number of nitriles is 1. The molecule has 10 nitrogen and oxygen atoms in total. The molecule has 12 heteroatoms. The fourth-order valence-electron chi connectivity index (χ4n) is 3.01. The number of hydrogen-bond acceptors (Lipinski definition) is 6. The first kappa shape index (κ1) is 27.3. The molecule has 5 N–H and O–H groups in total. The molecule has 1 atom stereocenters. The maximum absolute atomic E-state index is 12.4. The number of aliphatic imine (C=N–C) groups is 1. The zero-order chi connectivity index (χ0) is 26.0. The second-order valence-electron chi connectivity index (χ2n) is 7.30. The van der Waals surface area contributed by atoms with Crippen molar-refractivity contribution in [2.45, 2.75) is 25.3 Å². The van der Waals surface area contributed by atoms with Gasteiger partial charge in [-0.15, -0.1) is 0 Å². The molecule has 2 aromatic rings. The standard InChI is InChI=1S/C23H21Cl2N5O5/c24-16-5-2-6-17(25)20(16)22(33)30-18(23(34)35)8-7-15(31)11-28-21(32)14-4-1-3-13(9-14)10-19(27)29-12-26/h1-6,9,18H,7-8,10-11H2,(H2,27,29)(H,28,32)(H,30,33)(H,34,35)/t18-/m1/s1. The minimum absolute atomic E-state index is 0.0574. The van der Waals surface area contributed by atoms with Crippen molar-refractivity contribution in [3.05, 3.63) is 69.2 Å². The van der Waals surface area contributed by atoms with Crippen molar-refractivity contribution < 1.29 is 24.3 Å². The highest BCUT2D eigenvalue weighted by molar-refractivity contribution is 6.39. The van der Waals surface area contributed by atoms with Gasteiger partial charge in [0.15, 0.2) is 5.78 Å². The van der Waals surface area contributed by atoms with Crippen LogP contribution in [0.3, 0.4) is 0 Å². The number of benzene rings is 2. The van der Waals surface area contributed by atoms with Crippen LogP contribution in [-0.2, 0) is 16.0 Å². The lowest BCUT2D eigenvalue weighted by molar-refractivity contribution is -0.139. The molecule has 2 aromatic carbocycles. The van der Waals surface area contributed by atoms with E-state index in [9.17, 15) is 24.3 Å². The Kier molecular flexibility index (Phi) is 10.2. The summed E-state index contributed by atoms with van der Waals surface area (Å²) in [6, 6.07) is 9.47. The molecule has 0 saturated heterocycles. The number of halogens is 2. The van der Waals surface area contributed by atoms with Gasteiger partial charge in [-0.3, -0.25) is 14.4 Å². The van der Waals surface area contributed by atoms with E-state index in [4.69, 9.17) is 34.2 Å². The van der Waals surface area contributed by atoms with Crippen molar-refractivity contribution in [3.63, 3.8) is 0 Å². The van der Waals surface area contributed by atoms with Crippen molar-refractivity contribution in [2.75, 3.05) is 6.54 Å². The molecule has 0 aliphatic rings. The van der Waals surface area contributed by atoms with E-state index >= 15 is 0 Å². The van der Waals surface area contributed by atoms with Gasteiger partial charge in [0, 0.05) is 18.4 Å². The van der Waals surface area contributed by atoms with Crippen molar-refractivity contribution >= 4 is 52.6 Å². The largest absolute Gasteiger partial charge is 0.480 e. The topological polar surface area (TPSA) is 175 Å². The summed E-state index contributed by atoms with van der Waals surface area (Å²) in [4.78, 5) is 52.0. The molecule has 0 aromatic heterocycles. The zero-order valence-corrected chi connectivity index (χ0v) is 19.8. The van der Waals surface area contributed by atoms with E-state index in [1.54, 1.807) is 24.4 Å². The van der Waals surface area contributed by atoms with E-state index in [0.717, 1.165) is 0 Å². The minimum Gasteiger partial charge on any atom is -0.480 e. The Hall–Kier alpha value is -3.94. The van der Waals surface area contributed by atoms with Crippen molar-refractivity contribution in [2.24, 2.45) is 10.7 Å².